The SMILES string of the molecule is C=CC(=O)N1CCC(Nc2cc3c(Nc4ccc(Oc5ccnc(NC6CCC6)c5)cc4F)ncnc3cc2OCC)CC1. The molecule has 10 nitrogen and oxygen atoms in total. The van der Waals surface area contributed by atoms with Crippen molar-refractivity contribution in [2.24, 2.45) is 0 Å². The molecular formula is C33H36FN7O3. The highest BCUT2D eigenvalue weighted by Gasteiger charge is 2.23. The van der Waals surface area contributed by atoms with Crippen molar-refractivity contribution in [2.75, 3.05) is 35.6 Å². The van der Waals surface area contributed by atoms with Gasteiger partial charge in [-0.05, 0) is 69.4 Å². The fourth-order valence-corrected chi connectivity index (χ4v) is 5.40. The topological polar surface area (TPSA) is 114 Å². The first-order chi connectivity index (χ1) is 21.5. The van der Waals surface area contributed by atoms with Crippen molar-refractivity contribution in [1.82, 2.24) is 19.9 Å². The molecular weight excluding hydrogens is 561 g/mol. The minimum absolute atomic E-state index is 0.0492. The maximum Gasteiger partial charge on any atom is 0.245 e. The van der Waals surface area contributed by atoms with Crippen LogP contribution in [0.3, 0.4) is 0 Å². The molecule has 2 aromatic carbocycles. The molecule has 1 aliphatic heterocycles. The van der Waals surface area contributed by atoms with Crippen molar-refractivity contribution < 1.29 is 18.7 Å². The summed E-state index contributed by atoms with van der Waals surface area (Å²) >= 11 is 0. The number of aromatic nitrogens is 3. The number of pyridine rings is 1. The summed E-state index contributed by atoms with van der Waals surface area (Å²) in [4.78, 5) is 27.0. The van der Waals surface area contributed by atoms with E-state index in [9.17, 15) is 4.79 Å². The quantitative estimate of drug-likeness (QED) is 0.164. The molecule has 228 valence electrons. The van der Waals surface area contributed by atoms with Gasteiger partial charge in [0.05, 0.1) is 23.5 Å². The Kier molecular flexibility index (Phi) is 8.71. The molecule has 1 saturated carbocycles. The third-order valence-corrected chi connectivity index (χ3v) is 8.00. The maximum absolute atomic E-state index is 15.3. The molecule has 0 unspecified atom stereocenters. The van der Waals surface area contributed by atoms with Crippen molar-refractivity contribution in [2.45, 2.75) is 51.1 Å². The molecule has 0 bridgehead atoms. The Balaban J connectivity index is 1.19. The molecule has 3 N–H and O–H groups in total. The van der Waals surface area contributed by atoms with Crippen LogP contribution in [-0.4, -0.2) is 57.5 Å². The third kappa shape index (κ3) is 6.66. The Bertz CT molecular complexity index is 1650. The summed E-state index contributed by atoms with van der Waals surface area (Å²) < 4.78 is 27.2. The zero-order valence-electron chi connectivity index (χ0n) is 24.7. The normalized spacial score (nSPS) is 15.4. The molecule has 1 aliphatic carbocycles. The fraction of sp³-hybridized carbons (Fsp3) is 0.333. The van der Waals surface area contributed by atoms with Crippen LogP contribution < -0.4 is 25.4 Å². The highest BCUT2D eigenvalue weighted by atomic mass is 19.1. The van der Waals surface area contributed by atoms with Gasteiger partial charge in [-0.2, -0.15) is 0 Å². The lowest BCUT2D eigenvalue weighted by atomic mass is 9.93. The van der Waals surface area contributed by atoms with Crippen LogP contribution in [0.25, 0.3) is 10.9 Å². The molecule has 4 aromatic rings. The zero-order valence-corrected chi connectivity index (χ0v) is 24.7. The summed E-state index contributed by atoms with van der Waals surface area (Å²) in [6.45, 7) is 7.30. The highest BCUT2D eigenvalue weighted by molar-refractivity contribution is 5.95. The van der Waals surface area contributed by atoms with E-state index in [1.54, 1.807) is 29.3 Å². The number of carbonyl (C=O) groups is 1. The van der Waals surface area contributed by atoms with Crippen LogP contribution >= 0.6 is 0 Å². The van der Waals surface area contributed by atoms with Gasteiger partial charge in [0, 0.05) is 55.0 Å². The minimum Gasteiger partial charge on any atom is -0.492 e. The number of amides is 1. The molecule has 2 aromatic heterocycles. The summed E-state index contributed by atoms with van der Waals surface area (Å²) in [5.41, 5.74) is 1.70. The van der Waals surface area contributed by atoms with Crippen LogP contribution in [0.2, 0.25) is 0 Å². The Morgan fingerprint density at radius 2 is 1.80 bits per heavy atom. The van der Waals surface area contributed by atoms with E-state index >= 15 is 4.39 Å². The molecule has 0 radical (unpaired) electrons. The van der Waals surface area contributed by atoms with Crippen LogP contribution in [0.4, 0.5) is 27.4 Å². The van der Waals surface area contributed by atoms with E-state index in [1.807, 2.05) is 25.1 Å². The number of likely N-dealkylation sites (tertiary alicyclic amines) is 1. The first-order valence-electron chi connectivity index (χ1n) is 15.1. The third-order valence-electron chi connectivity index (χ3n) is 8.00. The number of ether oxygens (including phenoxy) is 2. The van der Waals surface area contributed by atoms with Gasteiger partial charge in [0.25, 0.3) is 0 Å². The van der Waals surface area contributed by atoms with Gasteiger partial charge in [0.2, 0.25) is 5.91 Å². The number of halogens is 1. The first-order valence-corrected chi connectivity index (χ1v) is 15.1. The summed E-state index contributed by atoms with van der Waals surface area (Å²) in [5.74, 6) is 2.29. The number of carbonyl (C=O) groups excluding carboxylic acids is 1. The van der Waals surface area contributed by atoms with Gasteiger partial charge in [-0.15, -0.1) is 0 Å². The lowest BCUT2D eigenvalue weighted by molar-refractivity contribution is -0.126. The van der Waals surface area contributed by atoms with Gasteiger partial charge >= 0.3 is 0 Å². The van der Waals surface area contributed by atoms with Gasteiger partial charge in [-0.3, -0.25) is 4.79 Å². The smallest absolute Gasteiger partial charge is 0.245 e. The summed E-state index contributed by atoms with van der Waals surface area (Å²) in [6, 6.07) is 12.6. The molecule has 2 fully saturated rings. The molecule has 44 heavy (non-hydrogen) atoms. The van der Waals surface area contributed by atoms with E-state index in [1.165, 1.54) is 24.9 Å². The molecule has 0 spiro atoms. The molecule has 1 amide bonds. The Labute approximate surface area is 255 Å². The second-order valence-electron chi connectivity index (χ2n) is 11.0. The van der Waals surface area contributed by atoms with Crippen molar-refractivity contribution in [1.29, 1.82) is 0 Å². The number of fused-ring (bicyclic) bond motifs is 1. The summed E-state index contributed by atoms with van der Waals surface area (Å²) in [7, 11) is 0. The first kappa shape index (κ1) is 29.2. The average Bonchev–Trinajstić information content (AvgIpc) is 3.01. The van der Waals surface area contributed by atoms with Gasteiger partial charge in [-0.25, -0.2) is 19.3 Å². The predicted octanol–water partition coefficient (Wildman–Crippen LogP) is 6.65. The van der Waals surface area contributed by atoms with Gasteiger partial charge in [-0.1, -0.05) is 6.58 Å². The van der Waals surface area contributed by atoms with E-state index in [0.29, 0.717) is 59.7 Å². The van der Waals surface area contributed by atoms with Crippen LogP contribution in [0, 0.1) is 5.82 Å². The standard InChI is InChI=1S/C33H36FN7O3/c1-3-32(42)41-14-11-22(12-15-41)38-29-18-25-28(19-30(29)43-4-2)36-20-37-33(25)40-27-9-8-23(16-26(27)34)44-24-10-13-35-31(17-24)39-21-6-5-7-21/h3,8-10,13,16-22,38H,1,4-7,11-12,14-15H2,2H3,(H,35,39)(H,36,37,40). The average molecular weight is 598 g/mol. The molecule has 1 saturated heterocycles. The number of benzene rings is 2. The van der Waals surface area contributed by atoms with Crippen molar-refractivity contribution >= 4 is 39.8 Å². The van der Waals surface area contributed by atoms with E-state index in [0.717, 1.165) is 37.2 Å². The summed E-state index contributed by atoms with van der Waals surface area (Å²) in [6.07, 6.45) is 9.55. The number of rotatable bonds is 11. The molecule has 2 aliphatic rings. The number of hydrogen-bond donors (Lipinski definition) is 3. The maximum atomic E-state index is 15.3. The number of nitrogens with zero attached hydrogens (tertiary/aromatic N) is 4. The van der Waals surface area contributed by atoms with Crippen LogP contribution in [-0.2, 0) is 4.79 Å². The Morgan fingerprint density at radius 3 is 2.52 bits per heavy atom. The Morgan fingerprint density at radius 1 is 1.00 bits per heavy atom. The summed E-state index contributed by atoms with van der Waals surface area (Å²) in [5, 5.41) is 10.8. The largest absolute Gasteiger partial charge is 0.492 e. The van der Waals surface area contributed by atoms with Crippen molar-refractivity contribution in [3.63, 3.8) is 0 Å². The Hall–Kier alpha value is -4.93. The highest BCUT2D eigenvalue weighted by Crippen LogP contribution is 2.36. The number of anilines is 4. The second-order valence-corrected chi connectivity index (χ2v) is 11.0. The molecule has 0 atom stereocenters. The number of hydrogen-bond acceptors (Lipinski definition) is 9. The van der Waals surface area contributed by atoms with E-state index in [2.05, 4.69) is 37.5 Å². The molecule has 3 heterocycles. The van der Waals surface area contributed by atoms with E-state index in [4.69, 9.17) is 9.47 Å². The van der Waals surface area contributed by atoms with Crippen LogP contribution in [0.5, 0.6) is 17.2 Å². The monoisotopic (exact) mass is 597 g/mol. The van der Waals surface area contributed by atoms with Crippen molar-refractivity contribution in [3.05, 3.63) is 73.5 Å². The van der Waals surface area contributed by atoms with Crippen LogP contribution in [0.15, 0.2) is 67.6 Å². The zero-order chi connectivity index (χ0) is 30.5. The molecule has 6 rings (SSSR count). The van der Waals surface area contributed by atoms with E-state index in [-0.39, 0.29) is 17.6 Å². The number of nitrogens with one attached hydrogen (secondary N) is 3. The lowest BCUT2D eigenvalue weighted by Crippen LogP contribution is -2.41. The number of piperidine rings is 1. The lowest BCUT2D eigenvalue weighted by Gasteiger charge is -2.32. The second kappa shape index (κ2) is 13.2. The molecule has 11 heteroatoms. The van der Waals surface area contributed by atoms with Gasteiger partial charge in [0.1, 0.15) is 41.0 Å². The predicted molar refractivity (Wildman–Crippen MR) is 169 cm³/mol. The minimum atomic E-state index is -0.485. The fourth-order valence-electron chi connectivity index (χ4n) is 5.40. The van der Waals surface area contributed by atoms with Crippen LogP contribution in [0.1, 0.15) is 39.0 Å². The van der Waals surface area contributed by atoms with E-state index < -0.39 is 5.82 Å². The van der Waals surface area contributed by atoms with Gasteiger partial charge in [0.15, 0.2) is 0 Å². The van der Waals surface area contributed by atoms with Crippen molar-refractivity contribution in [3.8, 4) is 17.2 Å². The van der Waals surface area contributed by atoms with Gasteiger partial charge < -0.3 is 30.3 Å².